The minimum absolute atomic E-state index is 0.110. The molecule has 1 unspecified atom stereocenters. The van der Waals surface area contributed by atoms with E-state index in [9.17, 15) is 5.11 Å². The Morgan fingerprint density at radius 2 is 1.94 bits per heavy atom. The molecule has 1 heterocycles. The van der Waals surface area contributed by atoms with Crippen LogP contribution in [0.3, 0.4) is 0 Å². The summed E-state index contributed by atoms with van der Waals surface area (Å²) in [5.41, 5.74) is 2.15. The normalized spacial score (nSPS) is 18.6. The molecular formula is C16H24O2. The Labute approximate surface area is 110 Å². The Morgan fingerprint density at radius 1 is 1.28 bits per heavy atom. The predicted octanol–water partition coefficient (Wildman–Crippen LogP) is 3.87. The van der Waals surface area contributed by atoms with E-state index in [0.717, 1.165) is 30.6 Å². The van der Waals surface area contributed by atoms with Crippen LogP contribution in [-0.2, 0) is 6.42 Å². The molecule has 18 heavy (non-hydrogen) atoms. The highest BCUT2D eigenvalue weighted by atomic mass is 16.5. The smallest absolute Gasteiger partial charge is 0.123 e. The van der Waals surface area contributed by atoms with Crippen molar-refractivity contribution in [2.75, 3.05) is 0 Å². The van der Waals surface area contributed by atoms with E-state index in [1.54, 1.807) is 0 Å². The van der Waals surface area contributed by atoms with E-state index in [1.165, 1.54) is 5.56 Å². The molecule has 1 aliphatic heterocycles. The van der Waals surface area contributed by atoms with Gasteiger partial charge < -0.3 is 9.84 Å². The maximum absolute atomic E-state index is 10.4. The molecule has 2 nitrogen and oxygen atoms in total. The summed E-state index contributed by atoms with van der Waals surface area (Å²) in [6, 6.07) is 6.13. The van der Waals surface area contributed by atoms with Crippen LogP contribution >= 0.6 is 0 Å². The minimum Gasteiger partial charge on any atom is -0.487 e. The molecule has 0 saturated heterocycles. The zero-order chi connectivity index (χ0) is 13.3. The van der Waals surface area contributed by atoms with Gasteiger partial charge in [-0.3, -0.25) is 0 Å². The van der Waals surface area contributed by atoms with Gasteiger partial charge >= 0.3 is 0 Å². The van der Waals surface area contributed by atoms with Gasteiger partial charge in [0.25, 0.3) is 0 Å². The fraction of sp³-hybridized carbons (Fsp3) is 0.625. The van der Waals surface area contributed by atoms with Crippen molar-refractivity contribution >= 4 is 0 Å². The van der Waals surface area contributed by atoms with Crippen molar-refractivity contribution in [3.05, 3.63) is 29.3 Å². The maximum Gasteiger partial charge on any atom is 0.123 e. The molecule has 0 bridgehead atoms. The Bertz CT molecular complexity index is 419. The highest BCUT2D eigenvalue weighted by molar-refractivity contribution is 5.42. The Kier molecular flexibility index (Phi) is 3.67. The molecule has 0 fully saturated rings. The minimum atomic E-state index is -0.353. The van der Waals surface area contributed by atoms with Gasteiger partial charge in [-0.15, -0.1) is 0 Å². The van der Waals surface area contributed by atoms with Crippen LogP contribution in [-0.4, -0.2) is 10.7 Å². The fourth-order valence-electron chi connectivity index (χ4n) is 2.82. The van der Waals surface area contributed by atoms with Crippen molar-refractivity contribution in [3.8, 4) is 5.75 Å². The van der Waals surface area contributed by atoms with Crippen LogP contribution in [0.1, 0.15) is 57.8 Å². The Balaban J connectivity index is 2.23. The lowest BCUT2D eigenvalue weighted by atomic mass is 9.90. The monoisotopic (exact) mass is 248 g/mol. The van der Waals surface area contributed by atoms with E-state index in [0.29, 0.717) is 5.92 Å². The average Bonchev–Trinajstić information content (AvgIpc) is 2.63. The summed E-state index contributed by atoms with van der Waals surface area (Å²) in [7, 11) is 0. The van der Waals surface area contributed by atoms with Crippen molar-refractivity contribution in [1.29, 1.82) is 0 Å². The summed E-state index contributed by atoms with van der Waals surface area (Å²) in [5, 5.41) is 10.4. The molecule has 0 aromatic heterocycles. The molecule has 1 N–H and O–H groups in total. The van der Waals surface area contributed by atoms with E-state index < -0.39 is 0 Å². The zero-order valence-electron chi connectivity index (χ0n) is 11.9. The molecule has 0 spiro atoms. The van der Waals surface area contributed by atoms with E-state index in [1.807, 2.05) is 12.1 Å². The second-order valence-corrected chi connectivity index (χ2v) is 5.93. The van der Waals surface area contributed by atoms with Gasteiger partial charge in [0.15, 0.2) is 0 Å². The Hall–Kier alpha value is -1.02. The van der Waals surface area contributed by atoms with E-state index in [4.69, 9.17) is 4.74 Å². The first-order chi connectivity index (χ1) is 8.46. The van der Waals surface area contributed by atoms with Gasteiger partial charge in [-0.25, -0.2) is 0 Å². The van der Waals surface area contributed by atoms with Gasteiger partial charge in [0.05, 0.1) is 6.10 Å². The SMILES string of the molecule is CCC(CC)C(O)c1ccc2c(c1)CC(C)(C)O2. The number of rotatable bonds is 4. The van der Waals surface area contributed by atoms with E-state index in [2.05, 4.69) is 33.8 Å². The van der Waals surface area contributed by atoms with Gasteiger partial charge in [0, 0.05) is 6.42 Å². The van der Waals surface area contributed by atoms with Gasteiger partial charge in [-0.1, -0.05) is 32.8 Å². The molecule has 0 amide bonds. The summed E-state index contributed by atoms with van der Waals surface area (Å²) in [6.45, 7) is 8.47. The quantitative estimate of drug-likeness (QED) is 0.876. The zero-order valence-corrected chi connectivity index (χ0v) is 11.9. The number of hydrogen-bond acceptors (Lipinski definition) is 2. The molecule has 1 aliphatic rings. The molecule has 1 aromatic rings. The van der Waals surface area contributed by atoms with Gasteiger partial charge in [-0.2, -0.15) is 0 Å². The van der Waals surface area contributed by atoms with Crippen molar-refractivity contribution in [3.63, 3.8) is 0 Å². The lowest BCUT2D eigenvalue weighted by Gasteiger charge is -2.20. The number of ether oxygens (including phenoxy) is 1. The molecule has 100 valence electrons. The van der Waals surface area contributed by atoms with Crippen LogP contribution in [0, 0.1) is 5.92 Å². The number of aliphatic hydroxyl groups excluding tert-OH is 1. The van der Waals surface area contributed by atoms with Crippen LogP contribution in [0.25, 0.3) is 0 Å². The van der Waals surface area contributed by atoms with Gasteiger partial charge in [-0.05, 0) is 43.0 Å². The molecular weight excluding hydrogens is 224 g/mol. The topological polar surface area (TPSA) is 29.5 Å². The fourth-order valence-corrected chi connectivity index (χ4v) is 2.82. The van der Waals surface area contributed by atoms with Crippen LogP contribution in [0.5, 0.6) is 5.75 Å². The first kappa shape index (κ1) is 13.4. The van der Waals surface area contributed by atoms with Crippen LogP contribution in [0.15, 0.2) is 18.2 Å². The molecule has 0 radical (unpaired) electrons. The maximum atomic E-state index is 10.4. The lowest BCUT2D eigenvalue weighted by Crippen LogP contribution is -2.24. The van der Waals surface area contributed by atoms with E-state index in [-0.39, 0.29) is 11.7 Å². The third-order valence-corrected chi connectivity index (χ3v) is 3.92. The van der Waals surface area contributed by atoms with Crippen molar-refractivity contribution in [1.82, 2.24) is 0 Å². The second kappa shape index (κ2) is 4.93. The molecule has 0 saturated carbocycles. The second-order valence-electron chi connectivity index (χ2n) is 5.93. The summed E-state index contributed by atoms with van der Waals surface area (Å²) >= 11 is 0. The molecule has 2 heteroatoms. The van der Waals surface area contributed by atoms with Crippen molar-refractivity contribution in [2.24, 2.45) is 5.92 Å². The Morgan fingerprint density at radius 3 is 2.56 bits per heavy atom. The highest BCUT2D eigenvalue weighted by Gasteiger charge is 2.30. The molecule has 0 aliphatic carbocycles. The predicted molar refractivity (Wildman–Crippen MR) is 73.9 cm³/mol. The van der Waals surface area contributed by atoms with E-state index >= 15 is 0 Å². The molecule has 1 atom stereocenters. The summed E-state index contributed by atoms with van der Waals surface area (Å²) < 4.78 is 5.86. The number of aliphatic hydroxyl groups is 1. The molecule has 2 rings (SSSR count). The number of hydrogen-bond donors (Lipinski definition) is 1. The average molecular weight is 248 g/mol. The lowest BCUT2D eigenvalue weighted by molar-refractivity contribution is 0.103. The summed E-state index contributed by atoms with van der Waals surface area (Å²) in [6.07, 6.45) is 2.59. The first-order valence-electron chi connectivity index (χ1n) is 6.96. The van der Waals surface area contributed by atoms with Crippen LogP contribution in [0.2, 0.25) is 0 Å². The summed E-state index contributed by atoms with van der Waals surface area (Å²) in [4.78, 5) is 0. The highest BCUT2D eigenvalue weighted by Crippen LogP contribution is 2.37. The third-order valence-electron chi connectivity index (χ3n) is 3.92. The van der Waals surface area contributed by atoms with Crippen molar-refractivity contribution in [2.45, 2.75) is 58.7 Å². The number of fused-ring (bicyclic) bond motifs is 1. The number of benzene rings is 1. The van der Waals surface area contributed by atoms with Crippen LogP contribution < -0.4 is 4.74 Å². The third kappa shape index (κ3) is 2.54. The largest absolute Gasteiger partial charge is 0.487 e. The van der Waals surface area contributed by atoms with Gasteiger partial charge in [0.2, 0.25) is 0 Å². The summed E-state index contributed by atoms with van der Waals surface area (Å²) in [5.74, 6) is 1.32. The van der Waals surface area contributed by atoms with Gasteiger partial charge in [0.1, 0.15) is 11.4 Å². The standard InChI is InChI=1S/C16H24O2/c1-5-11(6-2)15(17)12-7-8-14-13(9-12)10-16(3,4)18-14/h7-9,11,15,17H,5-6,10H2,1-4H3. The van der Waals surface area contributed by atoms with Crippen molar-refractivity contribution < 1.29 is 9.84 Å². The first-order valence-corrected chi connectivity index (χ1v) is 6.96. The van der Waals surface area contributed by atoms with Crippen LogP contribution in [0.4, 0.5) is 0 Å². The molecule has 1 aromatic carbocycles.